The molecule has 0 unspecified atom stereocenters. The molecule has 2 rings (SSSR count). The number of hydrogen-bond acceptors (Lipinski definition) is 3. The van der Waals surface area contributed by atoms with Gasteiger partial charge in [-0.3, -0.25) is 4.79 Å². The van der Waals surface area contributed by atoms with Gasteiger partial charge in [-0.15, -0.1) is 11.8 Å². The Kier molecular flexibility index (Phi) is 5.38. The molecule has 0 saturated heterocycles. The molecule has 2 aromatic rings. The molecule has 0 aliphatic rings. The highest BCUT2D eigenvalue weighted by molar-refractivity contribution is 8.01. The van der Waals surface area contributed by atoms with Crippen molar-refractivity contribution in [3.05, 3.63) is 77.1 Å². The normalized spacial score (nSPS) is 11.2. The van der Waals surface area contributed by atoms with Gasteiger partial charge in [0.05, 0.1) is 0 Å². The highest BCUT2D eigenvalue weighted by Gasteiger charge is 2.00. The van der Waals surface area contributed by atoms with Crippen LogP contribution in [-0.2, 0) is 10.5 Å². The first-order chi connectivity index (χ1) is 9.78. The summed E-state index contributed by atoms with van der Waals surface area (Å²) >= 11 is 1.47. The van der Waals surface area contributed by atoms with Crippen LogP contribution in [0.25, 0.3) is 0 Å². The van der Waals surface area contributed by atoms with Crippen LogP contribution in [0.2, 0.25) is 0 Å². The quantitative estimate of drug-likeness (QED) is 0.453. The van der Waals surface area contributed by atoms with Gasteiger partial charge >= 0.3 is 0 Å². The Morgan fingerprint density at radius 1 is 1.10 bits per heavy atom. The average Bonchev–Trinajstić information content (AvgIpc) is 2.49. The molecule has 0 bridgehead atoms. The van der Waals surface area contributed by atoms with Crippen molar-refractivity contribution < 1.29 is 13.9 Å². The van der Waals surface area contributed by atoms with E-state index in [4.69, 9.17) is 4.74 Å². The van der Waals surface area contributed by atoms with E-state index in [0.717, 1.165) is 5.75 Å². The van der Waals surface area contributed by atoms with Gasteiger partial charge in [0.2, 0.25) is 0 Å². The number of allylic oxidation sites excluding steroid dienone is 1. The van der Waals surface area contributed by atoms with E-state index < -0.39 is 0 Å². The number of benzene rings is 2. The van der Waals surface area contributed by atoms with Crippen molar-refractivity contribution >= 4 is 18.0 Å². The predicted molar refractivity (Wildman–Crippen MR) is 78.9 cm³/mol. The molecule has 0 spiro atoms. The van der Waals surface area contributed by atoms with Gasteiger partial charge in [0, 0.05) is 11.2 Å². The summed E-state index contributed by atoms with van der Waals surface area (Å²) in [6, 6.07) is 15.5. The first-order valence-corrected chi connectivity index (χ1v) is 7.07. The lowest BCUT2D eigenvalue weighted by Crippen LogP contribution is -1.96. The topological polar surface area (TPSA) is 26.3 Å². The zero-order valence-corrected chi connectivity index (χ0v) is 11.5. The van der Waals surface area contributed by atoms with Gasteiger partial charge in [-0.2, -0.15) is 0 Å². The lowest BCUT2D eigenvalue weighted by Gasteiger charge is -2.04. The number of carbonyl (C=O) groups is 1. The number of halogens is 1. The molecule has 0 radical (unpaired) electrons. The maximum Gasteiger partial charge on any atom is 0.185 e. The van der Waals surface area contributed by atoms with Crippen molar-refractivity contribution in [1.82, 2.24) is 0 Å². The third kappa shape index (κ3) is 4.55. The molecule has 2 aromatic carbocycles. The smallest absolute Gasteiger partial charge is 0.185 e. The Morgan fingerprint density at radius 2 is 1.80 bits per heavy atom. The number of aldehydes is 1. The van der Waals surface area contributed by atoms with Gasteiger partial charge in [0.15, 0.2) is 12.0 Å². The van der Waals surface area contributed by atoms with E-state index in [1.54, 1.807) is 5.41 Å². The van der Waals surface area contributed by atoms with Crippen molar-refractivity contribution in [2.24, 2.45) is 0 Å². The molecule has 20 heavy (non-hydrogen) atoms. The molecule has 2 nitrogen and oxygen atoms in total. The van der Waals surface area contributed by atoms with E-state index in [1.165, 1.54) is 41.6 Å². The standard InChI is InChI=1S/C16H13FO2S/c17-14-6-8-15(9-7-14)19-16(10-18)12-20-11-13-4-2-1-3-5-13/h1-10,12H,11H2/b16-12-. The average molecular weight is 288 g/mol. The molecule has 0 aromatic heterocycles. The summed E-state index contributed by atoms with van der Waals surface area (Å²) in [5.41, 5.74) is 1.17. The second-order valence-electron chi connectivity index (χ2n) is 3.99. The van der Waals surface area contributed by atoms with Gasteiger partial charge in [-0.25, -0.2) is 4.39 Å². The predicted octanol–water partition coefficient (Wildman–Crippen LogP) is 4.18. The van der Waals surface area contributed by atoms with E-state index in [-0.39, 0.29) is 11.6 Å². The summed E-state index contributed by atoms with van der Waals surface area (Å²) in [4.78, 5) is 10.9. The third-order valence-electron chi connectivity index (χ3n) is 2.46. The Morgan fingerprint density at radius 3 is 2.45 bits per heavy atom. The monoisotopic (exact) mass is 288 g/mol. The number of thioether (sulfide) groups is 1. The Labute approximate surface area is 121 Å². The SMILES string of the molecule is O=C/C(=C/SCc1ccccc1)Oc1ccc(F)cc1. The van der Waals surface area contributed by atoms with Crippen LogP contribution in [0.15, 0.2) is 65.8 Å². The van der Waals surface area contributed by atoms with Gasteiger partial charge < -0.3 is 4.74 Å². The van der Waals surface area contributed by atoms with Gasteiger partial charge in [-0.1, -0.05) is 30.3 Å². The third-order valence-corrected chi connectivity index (χ3v) is 3.36. The molecule has 0 aliphatic carbocycles. The van der Waals surface area contributed by atoms with Crippen LogP contribution < -0.4 is 4.74 Å². The number of ether oxygens (including phenoxy) is 1. The van der Waals surface area contributed by atoms with Gasteiger partial charge in [0.1, 0.15) is 11.6 Å². The van der Waals surface area contributed by atoms with E-state index >= 15 is 0 Å². The molecule has 0 fully saturated rings. The van der Waals surface area contributed by atoms with Crippen LogP contribution in [0, 0.1) is 5.82 Å². The Hall–Kier alpha value is -2.07. The maximum absolute atomic E-state index is 12.8. The van der Waals surface area contributed by atoms with Gasteiger partial charge in [0.25, 0.3) is 0 Å². The van der Waals surface area contributed by atoms with Crippen LogP contribution >= 0.6 is 11.8 Å². The zero-order valence-electron chi connectivity index (χ0n) is 10.7. The molecular formula is C16H13FO2S. The minimum absolute atomic E-state index is 0.206. The summed E-state index contributed by atoms with van der Waals surface area (Å²) in [6.45, 7) is 0. The maximum atomic E-state index is 12.8. The number of hydrogen-bond donors (Lipinski definition) is 0. The van der Waals surface area contributed by atoms with Crippen LogP contribution in [-0.4, -0.2) is 6.29 Å². The highest BCUT2D eigenvalue weighted by atomic mass is 32.2. The lowest BCUT2D eigenvalue weighted by atomic mass is 10.2. The molecule has 4 heteroatoms. The molecule has 102 valence electrons. The Balaban J connectivity index is 1.92. The minimum Gasteiger partial charge on any atom is -0.453 e. The van der Waals surface area contributed by atoms with Crippen LogP contribution in [0.4, 0.5) is 4.39 Å². The minimum atomic E-state index is -0.340. The molecule has 0 heterocycles. The molecule has 0 N–H and O–H groups in total. The fraction of sp³-hybridized carbons (Fsp3) is 0.0625. The lowest BCUT2D eigenvalue weighted by molar-refractivity contribution is -0.106. The van der Waals surface area contributed by atoms with Crippen molar-refractivity contribution in [2.75, 3.05) is 0 Å². The largest absolute Gasteiger partial charge is 0.453 e. The summed E-state index contributed by atoms with van der Waals surface area (Å²) in [7, 11) is 0. The second kappa shape index (κ2) is 7.50. The first kappa shape index (κ1) is 14.3. The van der Waals surface area contributed by atoms with Crippen molar-refractivity contribution in [2.45, 2.75) is 5.75 Å². The molecule has 0 saturated carbocycles. The summed E-state index contributed by atoms with van der Waals surface area (Å²) in [5.74, 6) is 1.06. The molecule has 0 atom stereocenters. The van der Waals surface area contributed by atoms with E-state index in [9.17, 15) is 9.18 Å². The van der Waals surface area contributed by atoms with Crippen LogP contribution in [0.1, 0.15) is 5.56 Å². The number of rotatable bonds is 6. The molecule has 0 aliphatic heterocycles. The van der Waals surface area contributed by atoms with Crippen molar-refractivity contribution in [3.63, 3.8) is 0 Å². The fourth-order valence-corrected chi connectivity index (χ4v) is 2.25. The van der Waals surface area contributed by atoms with E-state index in [1.807, 2.05) is 30.3 Å². The van der Waals surface area contributed by atoms with Crippen molar-refractivity contribution in [3.8, 4) is 5.75 Å². The number of carbonyl (C=O) groups excluding carboxylic acids is 1. The van der Waals surface area contributed by atoms with Crippen molar-refractivity contribution in [1.29, 1.82) is 0 Å². The second-order valence-corrected chi connectivity index (χ2v) is 4.85. The van der Waals surface area contributed by atoms with Crippen LogP contribution in [0.3, 0.4) is 0 Å². The first-order valence-electron chi connectivity index (χ1n) is 6.02. The molecule has 0 amide bonds. The summed E-state index contributed by atoms with van der Waals surface area (Å²) in [5, 5.41) is 1.66. The fourth-order valence-electron chi connectivity index (χ4n) is 1.51. The summed E-state index contributed by atoms with van der Waals surface area (Å²) in [6.07, 6.45) is 0.640. The van der Waals surface area contributed by atoms with Gasteiger partial charge in [-0.05, 0) is 29.8 Å². The van der Waals surface area contributed by atoms with Crippen LogP contribution in [0.5, 0.6) is 5.75 Å². The van der Waals surface area contributed by atoms with E-state index in [2.05, 4.69) is 0 Å². The molecular weight excluding hydrogens is 275 g/mol. The zero-order chi connectivity index (χ0) is 14.2. The van der Waals surface area contributed by atoms with E-state index in [0.29, 0.717) is 12.0 Å². The summed E-state index contributed by atoms with van der Waals surface area (Å²) < 4.78 is 18.1. The Bertz CT molecular complexity index is 579. The highest BCUT2D eigenvalue weighted by Crippen LogP contribution is 2.18.